The number of hydrogen-bond acceptors (Lipinski definition) is 3. The first kappa shape index (κ1) is 10.4. The lowest BCUT2D eigenvalue weighted by atomic mass is 10.0. The molecule has 1 aliphatic heterocycles. The first-order valence-electron chi connectivity index (χ1n) is 5.61. The Morgan fingerprint density at radius 1 is 1.47 bits per heavy atom. The van der Waals surface area contributed by atoms with E-state index in [0.717, 1.165) is 24.3 Å². The Balaban J connectivity index is 2.16. The molecule has 1 aliphatic rings. The van der Waals surface area contributed by atoms with E-state index in [4.69, 9.17) is 0 Å². The number of nitrogens with zero attached hydrogens (tertiary/aromatic N) is 2. The average molecular weight is 206 g/mol. The lowest BCUT2D eigenvalue weighted by Gasteiger charge is -2.36. The van der Waals surface area contributed by atoms with E-state index in [0.29, 0.717) is 0 Å². The van der Waals surface area contributed by atoms with Gasteiger partial charge in [0.2, 0.25) is 0 Å². The maximum absolute atomic E-state index is 9.32. The maximum atomic E-state index is 9.32. The molecule has 3 heteroatoms. The number of pyridine rings is 1. The van der Waals surface area contributed by atoms with Crippen LogP contribution in [0.25, 0.3) is 0 Å². The van der Waals surface area contributed by atoms with Gasteiger partial charge >= 0.3 is 0 Å². The minimum Gasteiger partial charge on any atom is -0.394 e. The molecule has 15 heavy (non-hydrogen) atoms. The molecule has 1 aromatic heterocycles. The molecule has 0 spiro atoms. The van der Waals surface area contributed by atoms with Crippen LogP contribution in [0.5, 0.6) is 0 Å². The van der Waals surface area contributed by atoms with E-state index in [9.17, 15) is 5.11 Å². The maximum Gasteiger partial charge on any atom is 0.0635 e. The molecule has 1 N–H and O–H groups in total. The number of aliphatic hydroxyl groups is 1. The van der Waals surface area contributed by atoms with Crippen molar-refractivity contribution >= 4 is 5.69 Å². The van der Waals surface area contributed by atoms with Crippen LogP contribution in [0.2, 0.25) is 0 Å². The van der Waals surface area contributed by atoms with Crippen molar-refractivity contribution in [2.45, 2.75) is 32.2 Å². The quantitative estimate of drug-likeness (QED) is 0.800. The predicted octanol–water partition coefficient (Wildman–Crippen LogP) is 1.74. The molecule has 1 saturated heterocycles. The molecule has 2 heterocycles. The normalized spacial score (nSPS) is 21.7. The number of hydrogen-bond donors (Lipinski definition) is 1. The molecule has 2 rings (SSSR count). The summed E-state index contributed by atoms with van der Waals surface area (Å²) in [5.74, 6) is 0. The molecule has 0 aliphatic carbocycles. The Morgan fingerprint density at radius 2 is 2.33 bits per heavy atom. The standard InChI is InChI=1S/C12H18N2O/c1-10-5-6-11(8-13-10)14-7-3-2-4-12(14)9-15/h5-6,8,12,15H,2-4,7,9H2,1H3/t12-/m0/s1. The topological polar surface area (TPSA) is 36.4 Å². The number of aromatic nitrogens is 1. The van der Waals surface area contributed by atoms with Crippen molar-refractivity contribution < 1.29 is 5.11 Å². The lowest BCUT2D eigenvalue weighted by molar-refractivity contribution is 0.240. The van der Waals surface area contributed by atoms with Crippen LogP contribution >= 0.6 is 0 Å². The third kappa shape index (κ3) is 2.29. The Hall–Kier alpha value is -1.09. The summed E-state index contributed by atoms with van der Waals surface area (Å²) in [4.78, 5) is 6.57. The zero-order valence-corrected chi connectivity index (χ0v) is 9.19. The molecular formula is C12H18N2O. The summed E-state index contributed by atoms with van der Waals surface area (Å²) in [5.41, 5.74) is 2.18. The summed E-state index contributed by atoms with van der Waals surface area (Å²) >= 11 is 0. The Kier molecular flexibility index (Phi) is 3.21. The Labute approximate surface area is 90.8 Å². The van der Waals surface area contributed by atoms with Crippen LogP contribution in [-0.4, -0.2) is 29.3 Å². The SMILES string of the molecule is Cc1ccc(N2CCCC[C@H]2CO)cn1. The monoisotopic (exact) mass is 206 g/mol. The minimum absolute atomic E-state index is 0.244. The van der Waals surface area contributed by atoms with E-state index < -0.39 is 0 Å². The molecule has 1 fully saturated rings. The molecule has 0 bridgehead atoms. The van der Waals surface area contributed by atoms with Crippen molar-refractivity contribution in [3.8, 4) is 0 Å². The van der Waals surface area contributed by atoms with Crippen molar-refractivity contribution in [2.75, 3.05) is 18.1 Å². The highest BCUT2D eigenvalue weighted by molar-refractivity contribution is 5.46. The average Bonchev–Trinajstić information content (AvgIpc) is 2.30. The van der Waals surface area contributed by atoms with Gasteiger partial charge in [0.05, 0.1) is 24.5 Å². The summed E-state index contributed by atoms with van der Waals surface area (Å²) in [6.45, 7) is 3.27. The molecule has 1 aromatic rings. The largest absolute Gasteiger partial charge is 0.394 e. The lowest BCUT2D eigenvalue weighted by Crippen LogP contribution is -2.41. The van der Waals surface area contributed by atoms with Crippen LogP contribution in [0.15, 0.2) is 18.3 Å². The molecular weight excluding hydrogens is 188 g/mol. The third-order valence-electron chi connectivity index (χ3n) is 3.07. The Bertz CT molecular complexity index is 310. The molecule has 0 amide bonds. The van der Waals surface area contributed by atoms with Gasteiger partial charge < -0.3 is 10.0 Å². The van der Waals surface area contributed by atoms with Crippen LogP contribution in [0.4, 0.5) is 5.69 Å². The number of anilines is 1. The van der Waals surface area contributed by atoms with Gasteiger partial charge in [0.25, 0.3) is 0 Å². The van der Waals surface area contributed by atoms with Gasteiger partial charge in [-0.2, -0.15) is 0 Å². The fourth-order valence-corrected chi connectivity index (χ4v) is 2.16. The molecule has 0 aromatic carbocycles. The van der Waals surface area contributed by atoms with Crippen molar-refractivity contribution in [1.82, 2.24) is 4.98 Å². The zero-order chi connectivity index (χ0) is 10.7. The summed E-state index contributed by atoms with van der Waals surface area (Å²) in [6.07, 6.45) is 5.43. The first-order chi connectivity index (χ1) is 7.31. The van der Waals surface area contributed by atoms with Gasteiger partial charge in [-0.3, -0.25) is 4.98 Å². The molecule has 0 radical (unpaired) electrons. The number of aliphatic hydroxyl groups excluding tert-OH is 1. The van der Waals surface area contributed by atoms with Crippen molar-refractivity contribution in [3.05, 3.63) is 24.0 Å². The fraction of sp³-hybridized carbons (Fsp3) is 0.583. The van der Waals surface area contributed by atoms with Crippen LogP contribution in [0.3, 0.4) is 0 Å². The highest BCUT2D eigenvalue weighted by Crippen LogP contribution is 2.23. The highest BCUT2D eigenvalue weighted by Gasteiger charge is 2.21. The summed E-state index contributed by atoms with van der Waals surface area (Å²) in [6, 6.07) is 4.40. The summed E-state index contributed by atoms with van der Waals surface area (Å²) in [5, 5.41) is 9.32. The van der Waals surface area contributed by atoms with E-state index in [1.165, 1.54) is 12.8 Å². The smallest absolute Gasteiger partial charge is 0.0635 e. The van der Waals surface area contributed by atoms with E-state index in [-0.39, 0.29) is 12.6 Å². The predicted molar refractivity (Wildman–Crippen MR) is 61.0 cm³/mol. The molecule has 82 valence electrons. The molecule has 3 nitrogen and oxygen atoms in total. The van der Waals surface area contributed by atoms with E-state index in [1.807, 2.05) is 19.2 Å². The first-order valence-corrected chi connectivity index (χ1v) is 5.61. The van der Waals surface area contributed by atoms with Gasteiger partial charge in [-0.1, -0.05) is 0 Å². The van der Waals surface area contributed by atoms with E-state index >= 15 is 0 Å². The van der Waals surface area contributed by atoms with Gasteiger partial charge in [0, 0.05) is 12.2 Å². The second-order valence-corrected chi connectivity index (χ2v) is 4.18. The van der Waals surface area contributed by atoms with Gasteiger partial charge in [-0.05, 0) is 38.3 Å². The van der Waals surface area contributed by atoms with Gasteiger partial charge in [0.1, 0.15) is 0 Å². The van der Waals surface area contributed by atoms with E-state index in [2.05, 4.69) is 16.0 Å². The molecule has 1 atom stereocenters. The van der Waals surface area contributed by atoms with Crippen LogP contribution in [0, 0.1) is 6.92 Å². The second kappa shape index (κ2) is 4.62. The van der Waals surface area contributed by atoms with E-state index in [1.54, 1.807) is 0 Å². The third-order valence-corrected chi connectivity index (χ3v) is 3.07. The highest BCUT2D eigenvalue weighted by atomic mass is 16.3. The van der Waals surface area contributed by atoms with Crippen LogP contribution in [0.1, 0.15) is 25.0 Å². The Morgan fingerprint density at radius 3 is 3.00 bits per heavy atom. The van der Waals surface area contributed by atoms with Crippen LogP contribution in [-0.2, 0) is 0 Å². The van der Waals surface area contributed by atoms with Crippen molar-refractivity contribution in [2.24, 2.45) is 0 Å². The van der Waals surface area contributed by atoms with Crippen molar-refractivity contribution in [1.29, 1.82) is 0 Å². The van der Waals surface area contributed by atoms with Crippen molar-refractivity contribution in [3.63, 3.8) is 0 Å². The summed E-state index contributed by atoms with van der Waals surface area (Å²) < 4.78 is 0. The van der Waals surface area contributed by atoms with Gasteiger partial charge in [-0.25, -0.2) is 0 Å². The minimum atomic E-state index is 0.244. The number of aryl methyl sites for hydroxylation is 1. The fourth-order valence-electron chi connectivity index (χ4n) is 2.16. The molecule has 0 saturated carbocycles. The zero-order valence-electron chi connectivity index (χ0n) is 9.19. The number of rotatable bonds is 2. The van der Waals surface area contributed by atoms with Crippen LogP contribution < -0.4 is 4.90 Å². The second-order valence-electron chi connectivity index (χ2n) is 4.18. The molecule has 0 unspecified atom stereocenters. The van der Waals surface area contributed by atoms with Gasteiger partial charge in [0.15, 0.2) is 0 Å². The van der Waals surface area contributed by atoms with Gasteiger partial charge in [-0.15, -0.1) is 0 Å². The summed E-state index contributed by atoms with van der Waals surface area (Å²) in [7, 11) is 0. The number of piperidine rings is 1.